The van der Waals surface area contributed by atoms with Crippen LogP contribution in [0.3, 0.4) is 0 Å². The van der Waals surface area contributed by atoms with Gasteiger partial charge in [-0.25, -0.2) is 9.97 Å². The molecule has 0 aliphatic rings. The number of aryl methyl sites for hydroxylation is 1. The number of amides is 1. The van der Waals surface area contributed by atoms with Crippen LogP contribution in [0.5, 0.6) is 0 Å². The molecule has 2 heterocycles. The smallest absolute Gasteiger partial charge is 0.271 e. The molecule has 7 nitrogen and oxygen atoms in total. The van der Waals surface area contributed by atoms with E-state index in [4.69, 9.17) is 0 Å². The molecule has 3 aromatic rings. The van der Waals surface area contributed by atoms with E-state index in [1.165, 1.54) is 18.6 Å². The third-order valence-electron chi connectivity index (χ3n) is 3.69. The minimum absolute atomic E-state index is 0.0571. The molecule has 7 heteroatoms. The second-order valence-electron chi connectivity index (χ2n) is 5.33. The Hall–Kier alpha value is -3.09. The average Bonchev–Trinajstić information content (AvgIpc) is 2.61. The number of nitrogens with one attached hydrogen (secondary N) is 1. The van der Waals surface area contributed by atoms with E-state index in [2.05, 4.69) is 20.3 Å². The molecule has 1 aromatic carbocycles. The lowest BCUT2D eigenvalue weighted by Gasteiger charge is -2.11. The highest BCUT2D eigenvalue weighted by molar-refractivity contribution is 5.91. The van der Waals surface area contributed by atoms with Crippen molar-refractivity contribution in [2.45, 2.75) is 19.9 Å². The summed E-state index contributed by atoms with van der Waals surface area (Å²) in [6.07, 6.45) is 5.02. The summed E-state index contributed by atoms with van der Waals surface area (Å²) in [5.41, 5.74) is 0.920. The van der Waals surface area contributed by atoms with Gasteiger partial charge < -0.3 is 5.32 Å². The molecule has 0 saturated heterocycles. The molecule has 0 saturated carbocycles. The second kappa shape index (κ2) is 6.99. The fourth-order valence-corrected chi connectivity index (χ4v) is 2.49. The largest absolute Gasteiger partial charge is 0.351 e. The Morgan fingerprint density at radius 3 is 2.88 bits per heavy atom. The van der Waals surface area contributed by atoms with Gasteiger partial charge in [0, 0.05) is 25.5 Å². The summed E-state index contributed by atoms with van der Waals surface area (Å²) >= 11 is 0. The van der Waals surface area contributed by atoms with Crippen LogP contribution in [0.15, 0.2) is 47.7 Å². The SMILES string of the molecule is Cc1nc2ccccc2c(=O)n1CCCNC(=O)c1cnccn1. The van der Waals surface area contributed by atoms with Gasteiger partial charge in [-0.1, -0.05) is 12.1 Å². The third-order valence-corrected chi connectivity index (χ3v) is 3.69. The number of para-hydroxylation sites is 1. The molecule has 0 bridgehead atoms. The van der Waals surface area contributed by atoms with Crippen molar-refractivity contribution in [2.24, 2.45) is 0 Å². The number of hydrogen-bond donors (Lipinski definition) is 1. The van der Waals surface area contributed by atoms with Crippen LogP contribution in [-0.2, 0) is 6.54 Å². The molecule has 24 heavy (non-hydrogen) atoms. The topological polar surface area (TPSA) is 89.8 Å². The zero-order valence-electron chi connectivity index (χ0n) is 13.3. The summed E-state index contributed by atoms with van der Waals surface area (Å²) in [7, 11) is 0. The summed E-state index contributed by atoms with van der Waals surface area (Å²) in [4.78, 5) is 36.6. The lowest BCUT2D eigenvalue weighted by Crippen LogP contribution is -2.29. The Balaban J connectivity index is 1.64. The summed E-state index contributed by atoms with van der Waals surface area (Å²) in [5.74, 6) is 0.391. The third kappa shape index (κ3) is 3.29. The van der Waals surface area contributed by atoms with Crippen molar-refractivity contribution in [3.8, 4) is 0 Å². The van der Waals surface area contributed by atoms with E-state index in [9.17, 15) is 9.59 Å². The van der Waals surface area contributed by atoms with Crippen molar-refractivity contribution < 1.29 is 4.79 Å². The Labute approximate surface area is 138 Å². The first-order valence-electron chi connectivity index (χ1n) is 7.67. The van der Waals surface area contributed by atoms with Crippen molar-refractivity contribution in [3.05, 3.63) is 64.7 Å². The highest BCUT2D eigenvalue weighted by Crippen LogP contribution is 2.07. The zero-order valence-corrected chi connectivity index (χ0v) is 13.3. The van der Waals surface area contributed by atoms with Gasteiger partial charge in [-0.05, 0) is 25.5 Å². The molecule has 0 aliphatic carbocycles. The zero-order chi connectivity index (χ0) is 16.9. The van der Waals surface area contributed by atoms with Gasteiger partial charge in [-0.15, -0.1) is 0 Å². The maximum Gasteiger partial charge on any atom is 0.271 e. The minimum atomic E-state index is -0.274. The number of carbonyl (C=O) groups is 1. The first kappa shape index (κ1) is 15.8. The van der Waals surface area contributed by atoms with Crippen LogP contribution in [0.1, 0.15) is 22.7 Å². The second-order valence-corrected chi connectivity index (χ2v) is 5.33. The van der Waals surface area contributed by atoms with Crippen molar-refractivity contribution >= 4 is 16.8 Å². The Morgan fingerprint density at radius 1 is 1.25 bits per heavy atom. The van der Waals surface area contributed by atoms with E-state index < -0.39 is 0 Å². The number of fused-ring (bicyclic) bond motifs is 1. The molecule has 0 unspecified atom stereocenters. The maximum atomic E-state index is 12.5. The summed E-state index contributed by atoms with van der Waals surface area (Å²) in [6.45, 7) is 2.74. The van der Waals surface area contributed by atoms with E-state index in [-0.39, 0.29) is 17.2 Å². The molecule has 0 spiro atoms. The first-order valence-corrected chi connectivity index (χ1v) is 7.67. The Bertz CT molecular complexity index is 921. The number of hydrogen-bond acceptors (Lipinski definition) is 5. The fraction of sp³-hybridized carbons (Fsp3) is 0.235. The molecule has 0 aliphatic heterocycles. The standard InChI is InChI=1S/C17H17N5O2/c1-12-21-14-6-3-2-5-13(14)17(24)22(12)10-4-7-20-16(23)15-11-18-8-9-19-15/h2-3,5-6,8-9,11H,4,7,10H2,1H3,(H,20,23). The maximum absolute atomic E-state index is 12.5. The molecule has 0 fully saturated rings. The van der Waals surface area contributed by atoms with Crippen LogP contribution in [0.2, 0.25) is 0 Å². The monoisotopic (exact) mass is 323 g/mol. The Morgan fingerprint density at radius 2 is 2.08 bits per heavy atom. The molecular weight excluding hydrogens is 306 g/mol. The molecular formula is C17H17N5O2. The average molecular weight is 323 g/mol. The van der Waals surface area contributed by atoms with E-state index in [0.29, 0.717) is 36.2 Å². The van der Waals surface area contributed by atoms with Gasteiger partial charge in [0.05, 0.1) is 17.1 Å². The van der Waals surface area contributed by atoms with Crippen LogP contribution >= 0.6 is 0 Å². The van der Waals surface area contributed by atoms with E-state index >= 15 is 0 Å². The fourth-order valence-electron chi connectivity index (χ4n) is 2.49. The lowest BCUT2D eigenvalue weighted by molar-refractivity contribution is 0.0947. The molecule has 3 rings (SSSR count). The van der Waals surface area contributed by atoms with Crippen LogP contribution < -0.4 is 10.9 Å². The van der Waals surface area contributed by atoms with Crippen LogP contribution in [0.4, 0.5) is 0 Å². The van der Waals surface area contributed by atoms with Crippen molar-refractivity contribution in [2.75, 3.05) is 6.54 Å². The number of carbonyl (C=O) groups excluding carboxylic acids is 1. The predicted molar refractivity (Wildman–Crippen MR) is 89.7 cm³/mol. The lowest BCUT2D eigenvalue weighted by atomic mass is 10.2. The van der Waals surface area contributed by atoms with Gasteiger partial charge in [-0.2, -0.15) is 0 Å². The van der Waals surface area contributed by atoms with E-state index in [0.717, 1.165) is 0 Å². The van der Waals surface area contributed by atoms with Gasteiger partial charge in [-0.3, -0.25) is 19.1 Å². The molecule has 0 atom stereocenters. The minimum Gasteiger partial charge on any atom is -0.351 e. The summed E-state index contributed by atoms with van der Waals surface area (Å²) in [6, 6.07) is 7.29. The normalized spacial score (nSPS) is 10.7. The van der Waals surface area contributed by atoms with Crippen molar-refractivity contribution in [3.63, 3.8) is 0 Å². The van der Waals surface area contributed by atoms with Gasteiger partial charge in [0.15, 0.2) is 0 Å². The van der Waals surface area contributed by atoms with E-state index in [1.807, 2.05) is 25.1 Å². The van der Waals surface area contributed by atoms with Gasteiger partial charge in [0.2, 0.25) is 0 Å². The molecule has 1 amide bonds. The molecule has 1 N–H and O–H groups in total. The highest BCUT2D eigenvalue weighted by Gasteiger charge is 2.08. The number of rotatable bonds is 5. The van der Waals surface area contributed by atoms with Gasteiger partial charge in [0.25, 0.3) is 11.5 Å². The van der Waals surface area contributed by atoms with Crippen LogP contribution in [0.25, 0.3) is 10.9 Å². The van der Waals surface area contributed by atoms with Crippen LogP contribution in [-0.4, -0.2) is 32.0 Å². The first-order chi connectivity index (χ1) is 11.7. The Kier molecular flexibility index (Phi) is 4.60. The van der Waals surface area contributed by atoms with E-state index in [1.54, 1.807) is 10.6 Å². The molecule has 0 radical (unpaired) electrons. The van der Waals surface area contributed by atoms with Crippen LogP contribution in [0, 0.1) is 6.92 Å². The van der Waals surface area contributed by atoms with Gasteiger partial charge in [0.1, 0.15) is 11.5 Å². The predicted octanol–water partition coefficient (Wildman–Crippen LogP) is 1.32. The number of nitrogens with zero attached hydrogens (tertiary/aromatic N) is 4. The van der Waals surface area contributed by atoms with Crippen molar-refractivity contribution in [1.29, 1.82) is 0 Å². The molecule has 2 aromatic heterocycles. The number of benzene rings is 1. The number of aromatic nitrogens is 4. The van der Waals surface area contributed by atoms with Gasteiger partial charge >= 0.3 is 0 Å². The summed E-state index contributed by atoms with van der Waals surface area (Å²) in [5, 5.41) is 3.37. The molecule has 122 valence electrons. The summed E-state index contributed by atoms with van der Waals surface area (Å²) < 4.78 is 1.64. The highest BCUT2D eigenvalue weighted by atomic mass is 16.2. The van der Waals surface area contributed by atoms with Crippen molar-refractivity contribution in [1.82, 2.24) is 24.8 Å². The quantitative estimate of drug-likeness (QED) is 0.715.